The molecule has 0 radical (unpaired) electrons. The summed E-state index contributed by atoms with van der Waals surface area (Å²) in [5.41, 5.74) is 3.94. The summed E-state index contributed by atoms with van der Waals surface area (Å²) in [4.78, 5) is 4.97. The Morgan fingerprint density at radius 2 is 2.09 bits per heavy atom. The summed E-state index contributed by atoms with van der Waals surface area (Å²) in [6.07, 6.45) is 7.04. The zero-order chi connectivity index (χ0) is 22.7. The molecule has 1 unspecified atom stereocenters. The molecule has 0 bridgehead atoms. The lowest BCUT2D eigenvalue weighted by atomic mass is 10.1. The minimum absolute atomic E-state index is 0.00121. The van der Waals surface area contributed by atoms with Crippen LogP contribution in [-0.4, -0.2) is 30.7 Å². The second-order valence-corrected chi connectivity index (χ2v) is 11.5. The number of rotatable bonds is 7. The molecule has 3 atom stereocenters. The highest BCUT2D eigenvalue weighted by atomic mass is 32.2. The molecule has 4 rings (SSSR count). The second-order valence-electron chi connectivity index (χ2n) is 9.47. The van der Waals surface area contributed by atoms with E-state index in [4.69, 9.17) is 9.72 Å². The first kappa shape index (κ1) is 23.2. The van der Waals surface area contributed by atoms with Crippen LogP contribution in [0, 0.1) is 0 Å². The van der Waals surface area contributed by atoms with Gasteiger partial charge in [-0.15, -0.1) is 4.72 Å². The maximum Gasteiger partial charge on any atom is 0.150 e. The molecule has 0 amide bonds. The largest absolute Gasteiger partial charge is 0.598 e. The van der Waals surface area contributed by atoms with E-state index in [1.807, 2.05) is 49.8 Å². The van der Waals surface area contributed by atoms with Crippen LogP contribution in [0.25, 0.3) is 22.2 Å². The van der Waals surface area contributed by atoms with Crippen molar-refractivity contribution in [2.45, 2.75) is 76.8 Å². The van der Waals surface area contributed by atoms with Gasteiger partial charge in [0.05, 0.1) is 29.1 Å². The topological polar surface area (TPSA) is 75.0 Å². The first-order valence-electron chi connectivity index (χ1n) is 11.6. The smallest absolute Gasteiger partial charge is 0.150 e. The average molecular weight is 455 g/mol. The van der Waals surface area contributed by atoms with Crippen molar-refractivity contribution in [2.75, 3.05) is 6.61 Å². The summed E-state index contributed by atoms with van der Waals surface area (Å²) in [6, 6.07) is 12.4. The lowest BCUT2D eigenvalue weighted by molar-refractivity contribution is -0.0366. The van der Waals surface area contributed by atoms with Gasteiger partial charge >= 0.3 is 0 Å². The van der Waals surface area contributed by atoms with Crippen molar-refractivity contribution in [1.82, 2.24) is 19.5 Å². The van der Waals surface area contributed by atoms with E-state index >= 15 is 0 Å². The van der Waals surface area contributed by atoms with Gasteiger partial charge < -0.3 is 9.29 Å². The maximum atomic E-state index is 12.7. The minimum atomic E-state index is -1.16. The molecule has 6 nitrogen and oxygen atoms in total. The summed E-state index contributed by atoms with van der Waals surface area (Å²) >= 11 is -1.16. The SMILES string of the molecule is CCC[C@H](N[S@+]([O-])C(C)(C)C)c1cccc(-c2ccc3cnn(C4CCCCO4)c3c2)n1. The van der Waals surface area contributed by atoms with Crippen molar-refractivity contribution in [1.29, 1.82) is 0 Å². The highest BCUT2D eigenvalue weighted by molar-refractivity contribution is 7.90. The molecular formula is C25H34N4O2S. The first-order chi connectivity index (χ1) is 15.4. The van der Waals surface area contributed by atoms with Crippen molar-refractivity contribution in [2.24, 2.45) is 0 Å². The van der Waals surface area contributed by atoms with E-state index in [1.165, 1.54) is 0 Å². The summed E-state index contributed by atoms with van der Waals surface area (Å²) in [5, 5.41) is 5.71. The molecule has 1 saturated heterocycles. The molecule has 32 heavy (non-hydrogen) atoms. The van der Waals surface area contributed by atoms with E-state index < -0.39 is 11.4 Å². The number of nitrogens with zero attached hydrogens (tertiary/aromatic N) is 3. The van der Waals surface area contributed by atoms with Crippen molar-refractivity contribution >= 4 is 22.3 Å². The number of hydrogen-bond acceptors (Lipinski definition) is 5. The van der Waals surface area contributed by atoms with Gasteiger partial charge in [0.2, 0.25) is 0 Å². The molecule has 1 aliphatic rings. The third-order valence-electron chi connectivity index (χ3n) is 5.83. The normalized spacial score (nSPS) is 19.2. The lowest BCUT2D eigenvalue weighted by Gasteiger charge is -2.27. The number of aromatic nitrogens is 3. The van der Waals surface area contributed by atoms with E-state index in [1.54, 1.807) is 0 Å². The zero-order valence-electron chi connectivity index (χ0n) is 19.5. The maximum absolute atomic E-state index is 12.7. The molecule has 7 heteroatoms. The Balaban J connectivity index is 1.64. The Morgan fingerprint density at radius 1 is 1.25 bits per heavy atom. The van der Waals surface area contributed by atoms with Gasteiger partial charge in [-0.25, -0.2) is 4.68 Å². The molecule has 0 saturated carbocycles. The van der Waals surface area contributed by atoms with Gasteiger partial charge in [0.1, 0.15) is 4.75 Å². The predicted molar refractivity (Wildman–Crippen MR) is 130 cm³/mol. The van der Waals surface area contributed by atoms with Gasteiger partial charge in [0.25, 0.3) is 0 Å². The standard InChI is InChI=1S/C25H34N4O2S/c1-5-9-22(28-32(30)25(2,3)4)21-11-8-10-20(27-21)18-13-14-19-17-26-29(23(19)16-18)24-12-6-7-15-31-24/h8,10-11,13-14,16-17,22,24,28H,5-7,9,12,15H2,1-4H3/t22-,24?,32+/m0/s1. The average Bonchev–Trinajstić information content (AvgIpc) is 3.22. The lowest BCUT2D eigenvalue weighted by Crippen LogP contribution is -2.41. The minimum Gasteiger partial charge on any atom is -0.598 e. The molecule has 172 valence electrons. The molecule has 3 heterocycles. The fourth-order valence-corrected chi connectivity index (χ4v) is 4.86. The van der Waals surface area contributed by atoms with E-state index in [-0.39, 0.29) is 17.0 Å². The van der Waals surface area contributed by atoms with Crippen LogP contribution < -0.4 is 4.72 Å². The molecule has 2 aromatic heterocycles. The number of ether oxygens (including phenoxy) is 1. The molecule has 1 N–H and O–H groups in total. The molecule has 0 spiro atoms. The Morgan fingerprint density at radius 3 is 2.81 bits per heavy atom. The van der Waals surface area contributed by atoms with Crippen LogP contribution >= 0.6 is 0 Å². The van der Waals surface area contributed by atoms with Crippen molar-refractivity contribution in [3.05, 3.63) is 48.3 Å². The van der Waals surface area contributed by atoms with Crippen molar-refractivity contribution < 1.29 is 9.29 Å². The first-order valence-corrected chi connectivity index (χ1v) is 12.8. The fourth-order valence-electron chi connectivity index (χ4n) is 4.01. The number of fused-ring (bicyclic) bond motifs is 1. The van der Waals surface area contributed by atoms with Gasteiger partial charge in [0.15, 0.2) is 6.23 Å². The van der Waals surface area contributed by atoms with Gasteiger partial charge in [-0.3, -0.25) is 4.98 Å². The van der Waals surface area contributed by atoms with E-state index in [0.717, 1.165) is 66.6 Å². The molecule has 0 aliphatic carbocycles. The quantitative estimate of drug-likeness (QED) is 0.464. The highest BCUT2D eigenvalue weighted by Crippen LogP contribution is 2.30. The molecule has 1 aromatic carbocycles. The van der Waals surface area contributed by atoms with Gasteiger partial charge in [-0.05, 0) is 64.7 Å². The van der Waals surface area contributed by atoms with Crippen LogP contribution in [0.3, 0.4) is 0 Å². The molecule has 1 fully saturated rings. The highest BCUT2D eigenvalue weighted by Gasteiger charge is 2.30. The third kappa shape index (κ3) is 5.17. The fraction of sp³-hybridized carbons (Fsp3) is 0.520. The van der Waals surface area contributed by atoms with Gasteiger partial charge in [0, 0.05) is 28.9 Å². The molecule has 3 aromatic rings. The summed E-state index contributed by atoms with van der Waals surface area (Å²) < 4.78 is 23.7. The summed E-state index contributed by atoms with van der Waals surface area (Å²) in [6.45, 7) is 8.88. The number of nitrogens with one attached hydrogen (secondary N) is 1. The van der Waals surface area contributed by atoms with E-state index in [2.05, 4.69) is 34.9 Å². The number of pyridine rings is 1. The second kappa shape index (κ2) is 9.91. The van der Waals surface area contributed by atoms with Crippen LogP contribution in [0.2, 0.25) is 0 Å². The van der Waals surface area contributed by atoms with Crippen LogP contribution in [0.4, 0.5) is 0 Å². The van der Waals surface area contributed by atoms with E-state index in [9.17, 15) is 4.55 Å². The number of benzene rings is 1. The van der Waals surface area contributed by atoms with Gasteiger partial charge in [-0.1, -0.05) is 31.5 Å². The van der Waals surface area contributed by atoms with E-state index in [0.29, 0.717) is 0 Å². The third-order valence-corrected chi connectivity index (χ3v) is 7.44. The van der Waals surface area contributed by atoms with Gasteiger partial charge in [-0.2, -0.15) is 5.10 Å². The van der Waals surface area contributed by atoms with Crippen molar-refractivity contribution in [3.8, 4) is 11.3 Å². The Bertz CT molecular complexity index is 1040. The Hall–Kier alpha value is -1.93. The Kier molecular flexibility index (Phi) is 7.20. The predicted octanol–water partition coefficient (Wildman–Crippen LogP) is 5.69. The zero-order valence-corrected chi connectivity index (χ0v) is 20.3. The van der Waals surface area contributed by atoms with Crippen LogP contribution in [0.1, 0.15) is 77.8 Å². The van der Waals surface area contributed by atoms with Crippen LogP contribution in [-0.2, 0) is 16.1 Å². The Labute approximate surface area is 194 Å². The van der Waals surface area contributed by atoms with Crippen LogP contribution in [0.5, 0.6) is 0 Å². The monoisotopic (exact) mass is 454 g/mol. The van der Waals surface area contributed by atoms with Crippen LogP contribution in [0.15, 0.2) is 42.6 Å². The van der Waals surface area contributed by atoms with Crippen molar-refractivity contribution in [3.63, 3.8) is 0 Å². The molecular weight excluding hydrogens is 420 g/mol. The summed E-state index contributed by atoms with van der Waals surface area (Å²) in [7, 11) is 0. The number of hydrogen-bond donors (Lipinski definition) is 1. The summed E-state index contributed by atoms with van der Waals surface area (Å²) in [5.74, 6) is 0. The molecule has 1 aliphatic heterocycles.